The van der Waals surface area contributed by atoms with Crippen LogP contribution in [0.3, 0.4) is 0 Å². The van der Waals surface area contributed by atoms with Crippen LogP contribution in [0.15, 0.2) is 65.6 Å². The second-order valence-corrected chi connectivity index (χ2v) is 9.02. The topological polar surface area (TPSA) is 75.7 Å². The summed E-state index contributed by atoms with van der Waals surface area (Å²) in [4.78, 5) is 12.9. The number of carbonyl (C=O) groups excluding carboxylic acids is 1. The highest BCUT2D eigenvalue weighted by Gasteiger charge is 2.23. The molecule has 0 radical (unpaired) electrons. The predicted molar refractivity (Wildman–Crippen MR) is 124 cm³/mol. The zero-order valence-electron chi connectivity index (χ0n) is 18.1. The molecule has 0 aliphatic heterocycles. The Morgan fingerprint density at radius 3 is 2.32 bits per heavy atom. The molecule has 0 heterocycles. The zero-order chi connectivity index (χ0) is 22.4. The average molecular weight is 441 g/mol. The lowest BCUT2D eigenvalue weighted by Gasteiger charge is -2.20. The fraction of sp³-hybridized carbons (Fsp3) is 0.292. The summed E-state index contributed by atoms with van der Waals surface area (Å²) < 4.78 is 32.8. The minimum Gasteiger partial charge on any atom is -0.492 e. The number of amides is 1. The van der Waals surface area contributed by atoms with Crippen LogP contribution < -0.4 is 10.1 Å². The Morgan fingerprint density at radius 1 is 0.935 bits per heavy atom. The van der Waals surface area contributed by atoms with Gasteiger partial charge in [-0.1, -0.05) is 56.3 Å². The van der Waals surface area contributed by atoms with Crippen molar-refractivity contribution in [2.45, 2.75) is 32.1 Å². The first-order valence-corrected chi connectivity index (χ1v) is 11.9. The van der Waals surface area contributed by atoms with Crippen LogP contribution >= 0.6 is 0 Å². The second kappa shape index (κ2) is 9.94. The van der Waals surface area contributed by atoms with Crippen LogP contribution in [-0.2, 0) is 21.2 Å². The molecule has 0 bridgehead atoms. The van der Waals surface area contributed by atoms with E-state index in [1.54, 1.807) is 19.9 Å². The quantitative estimate of drug-likeness (QED) is 0.533. The highest BCUT2D eigenvalue weighted by atomic mass is 32.2. The standard InChI is InChI=1S/C24H28N2O4S/c1-4-26(5-2)31(28,29)21-13-14-23(30-6-3)22(17-21)25-24(27)16-18-11-12-19-9-7-8-10-20(19)15-18/h7-15,17H,4-6,16H2,1-3H3,(H,25,27). The van der Waals surface area contributed by atoms with Crippen molar-refractivity contribution in [2.24, 2.45) is 0 Å². The van der Waals surface area contributed by atoms with E-state index < -0.39 is 10.0 Å². The van der Waals surface area contributed by atoms with Gasteiger partial charge in [0.25, 0.3) is 0 Å². The number of fused-ring (bicyclic) bond motifs is 1. The first-order chi connectivity index (χ1) is 14.9. The molecule has 3 aromatic rings. The number of carbonyl (C=O) groups is 1. The Kier molecular flexibility index (Phi) is 7.30. The van der Waals surface area contributed by atoms with Crippen molar-refractivity contribution in [3.05, 3.63) is 66.2 Å². The van der Waals surface area contributed by atoms with Gasteiger partial charge in [-0.05, 0) is 41.5 Å². The fourth-order valence-corrected chi connectivity index (χ4v) is 4.97. The molecule has 1 amide bonds. The number of hydrogen-bond donors (Lipinski definition) is 1. The smallest absolute Gasteiger partial charge is 0.243 e. The summed E-state index contributed by atoms with van der Waals surface area (Å²) in [5.41, 5.74) is 1.22. The number of nitrogens with zero attached hydrogens (tertiary/aromatic N) is 1. The Labute approximate surface area is 183 Å². The number of benzene rings is 3. The van der Waals surface area contributed by atoms with E-state index in [1.165, 1.54) is 16.4 Å². The van der Waals surface area contributed by atoms with Crippen molar-refractivity contribution in [1.82, 2.24) is 4.31 Å². The van der Waals surface area contributed by atoms with E-state index in [9.17, 15) is 13.2 Å². The lowest BCUT2D eigenvalue weighted by atomic mass is 10.0. The summed E-state index contributed by atoms with van der Waals surface area (Å²) in [6.07, 6.45) is 0.170. The minimum atomic E-state index is -3.65. The van der Waals surface area contributed by atoms with Gasteiger partial charge in [0.15, 0.2) is 0 Å². The third-order valence-corrected chi connectivity index (χ3v) is 7.09. The van der Waals surface area contributed by atoms with Crippen molar-refractivity contribution in [1.29, 1.82) is 0 Å². The lowest BCUT2D eigenvalue weighted by Crippen LogP contribution is -2.30. The number of anilines is 1. The summed E-state index contributed by atoms with van der Waals surface area (Å²) >= 11 is 0. The van der Waals surface area contributed by atoms with E-state index in [0.717, 1.165) is 16.3 Å². The molecule has 0 aliphatic rings. The van der Waals surface area contributed by atoms with Crippen LogP contribution in [0.5, 0.6) is 5.75 Å². The lowest BCUT2D eigenvalue weighted by molar-refractivity contribution is -0.115. The molecule has 0 aliphatic carbocycles. The van der Waals surface area contributed by atoms with E-state index in [2.05, 4.69) is 5.32 Å². The normalized spacial score (nSPS) is 11.6. The molecule has 0 saturated carbocycles. The molecule has 0 fully saturated rings. The zero-order valence-corrected chi connectivity index (χ0v) is 18.9. The van der Waals surface area contributed by atoms with Gasteiger partial charge in [-0.2, -0.15) is 4.31 Å². The fourth-order valence-electron chi connectivity index (χ4n) is 3.49. The van der Waals surface area contributed by atoms with E-state index in [0.29, 0.717) is 31.1 Å². The summed E-state index contributed by atoms with van der Waals surface area (Å²) in [6, 6.07) is 18.4. The monoisotopic (exact) mass is 440 g/mol. The van der Waals surface area contributed by atoms with Crippen molar-refractivity contribution >= 4 is 32.4 Å². The summed E-state index contributed by atoms with van der Waals surface area (Å²) in [5, 5.41) is 5.01. The molecule has 3 rings (SSSR count). The van der Waals surface area contributed by atoms with Crippen molar-refractivity contribution in [3.8, 4) is 5.75 Å². The number of nitrogens with one attached hydrogen (secondary N) is 1. The first-order valence-electron chi connectivity index (χ1n) is 10.4. The van der Waals surface area contributed by atoms with Gasteiger partial charge in [0.2, 0.25) is 15.9 Å². The van der Waals surface area contributed by atoms with Gasteiger partial charge in [0.05, 0.1) is 23.6 Å². The van der Waals surface area contributed by atoms with Crippen LogP contribution in [0.1, 0.15) is 26.3 Å². The van der Waals surface area contributed by atoms with Gasteiger partial charge in [-0.15, -0.1) is 0 Å². The highest BCUT2D eigenvalue weighted by Crippen LogP contribution is 2.29. The second-order valence-electron chi connectivity index (χ2n) is 7.09. The summed E-state index contributed by atoms with van der Waals surface area (Å²) in [5.74, 6) is 0.196. The number of rotatable bonds is 9. The van der Waals surface area contributed by atoms with Crippen LogP contribution in [0.2, 0.25) is 0 Å². The molecule has 6 nitrogen and oxygen atoms in total. The van der Waals surface area contributed by atoms with E-state index >= 15 is 0 Å². The largest absolute Gasteiger partial charge is 0.492 e. The van der Waals surface area contributed by atoms with Gasteiger partial charge >= 0.3 is 0 Å². The van der Waals surface area contributed by atoms with Gasteiger partial charge in [0, 0.05) is 13.1 Å². The molecule has 0 saturated heterocycles. The molecule has 0 unspecified atom stereocenters. The predicted octanol–water partition coefficient (Wildman–Crippen LogP) is 4.45. The van der Waals surface area contributed by atoms with Crippen LogP contribution in [-0.4, -0.2) is 38.3 Å². The molecule has 7 heteroatoms. The van der Waals surface area contributed by atoms with Gasteiger partial charge < -0.3 is 10.1 Å². The van der Waals surface area contributed by atoms with Crippen LogP contribution in [0.4, 0.5) is 5.69 Å². The Hall–Kier alpha value is -2.90. The average Bonchev–Trinajstić information content (AvgIpc) is 2.75. The SMILES string of the molecule is CCOc1ccc(S(=O)(=O)N(CC)CC)cc1NC(=O)Cc1ccc2ccccc2c1. The third-order valence-electron chi connectivity index (χ3n) is 5.05. The minimum absolute atomic E-state index is 0.126. The number of hydrogen-bond acceptors (Lipinski definition) is 4. The Balaban J connectivity index is 1.86. The molecular formula is C24H28N2O4S. The van der Waals surface area contributed by atoms with E-state index in [-0.39, 0.29) is 17.2 Å². The Bertz CT molecular complexity index is 1170. The molecule has 3 aromatic carbocycles. The molecule has 164 valence electrons. The summed E-state index contributed by atoms with van der Waals surface area (Å²) in [6.45, 7) is 6.56. The van der Waals surface area contributed by atoms with Gasteiger partial charge in [0.1, 0.15) is 5.75 Å². The number of ether oxygens (including phenoxy) is 1. The molecule has 1 N–H and O–H groups in total. The van der Waals surface area contributed by atoms with Crippen LogP contribution in [0, 0.1) is 0 Å². The third kappa shape index (κ3) is 5.24. The molecule has 0 atom stereocenters. The van der Waals surface area contributed by atoms with Crippen molar-refractivity contribution in [3.63, 3.8) is 0 Å². The molecular weight excluding hydrogens is 412 g/mol. The van der Waals surface area contributed by atoms with Gasteiger partial charge in [-0.25, -0.2) is 8.42 Å². The van der Waals surface area contributed by atoms with E-state index in [4.69, 9.17) is 4.74 Å². The number of sulfonamides is 1. The van der Waals surface area contributed by atoms with Crippen LogP contribution in [0.25, 0.3) is 10.8 Å². The maximum Gasteiger partial charge on any atom is 0.243 e. The molecule has 0 aromatic heterocycles. The van der Waals surface area contributed by atoms with Crippen molar-refractivity contribution < 1.29 is 17.9 Å². The summed E-state index contributed by atoms with van der Waals surface area (Å²) in [7, 11) is -3.65. The maximum absolute atomic E-state index is 12.9. The first kappa shape index (κ1) is 22.8. The van der Waals surface area contributed by atoms with Crippen molar-refractivity contribution in [2.75, 3.05) is 25.0 Å². The van der Waals surface area contributed by atoms with E-state index in [1.807, 2.05) is 49.4 Å². The maximum atomic E-state index is 12.9. The van der Waals surface area contributed by atoms with Gasteiger partial charge in [-0.3, -0.25) is 4.79 Å². The molecule has 31 heavy (non-hydrogen) atoms. The molecule has 0 spiro atoms. The Morgan fingerprint density at radius 2 is 1.65 bits per heavy atom. The highest BCUT2D eigenvalue weighted by molar-refractivity contribution is 7.89.